The standard InChI is InChI=1S/C27H31N7O/c1-4-27(2,3)34-16-7-8-20(34)25-32-22(23-24(28)30-15-17-33(23)25)18-10-12-19(13-11-18)26(35)31-21-9-5-6-14-29-21/h5-6,9-15,17,20H,4,7-8,16H2,1-3H3,(H2,28,30)(H,29,31,35). The van der Waals surface area contributed by atoms with E-state index in [1.54, 1.807) is 30.6 Å². The van der Waals surface area contributed by atoms with Gasteiger partial charge in [0.15, 0.2) is 0 Å². The van der Waals surface area contributed by atoms with Crippen molar-refractivity contribution in [3.8, 4) is 11.3 Å². The van der Waals surface area contributed by atoms with Crippen molar-refractivity contribution in [3.05, 3.63) is 72.4 Å². The first-order valence-corrected chi connectivity index (χ1v) is 12.1. The molecule has 1 atom stereocenters. The zero-order chi connectivity index (χ0) is 24.6. The molecule has 3 aromatic heterocycles. The maximum Gasteiger partial charge on any atom is 0.256 e. The fraction of sp³-hybridized carbons (Fsp3) is 0.333. The molecule has 1 amide bonds. The molecule has 1 unspecified atom stereocenters. The Kier molecular flexibility index (Phi) is 5.98. The predicted molar refractivity (Wildman–Crippen MR) is 138 cm³/mol. The summed E-state index contributed by atoms with van der Waals surface area (Å²) >= 11 is 0. The molecular weight excluding hydrogens is 438 g/mol. The maximum atomic E-state index is 12.7. The normalized spacial score (nSPS) is 16.6. The molecule has 4 aromatic rings. The van der Waals surface area contributed by atoms with Gasteiger partial charge >= 0.3 is 0 Å². The highest BCUT2D eigenvalue weighted by molar-refractivity contribution is 6.04. The van der Waals surface area contributed by atoms with E-state index in [2.05, 4.69) is 45.4 Å². The molecule has 0 radical (unpaired) electrons. The first-order valence-electron chi connectivity index (χ1n) is 12.1. The van der Waals surface area contributed by atoms with E-state index in [-0.39, 0.29) is 17.5 Å². The smallest absolute Gasteiger partial charge is 0.256 e. The van der Waals surface area contributed by atoms with E-state index in [0.29, 0.717) is 17.2 Å². The molecular formula is C27H31N7O. The summed E-state index contributed by atoms with van der Waals surface area (Å²) in [5.41, 5.74) is 9.45. The molecule has 1 aliphatic heterocycles. The lowest BCUT2D eigenvalue weighted by atomic mass is 9.98. The molecule has 1 aromatic carbocycles. The van der Waals surface area contributed by atoms with Crippen LogP contribution in [0.3, 0.4) is 0 Å². The minimum atomic E-state index is -0.213. The van der Waals surface area contributed by atoms with E-state index in [1.807, 2.05) is 30.5 Å². The Morgan fingerprint density at radius 1 is 1.14 bits per heavy atom. The van der Waals surface area contributed by atoms with Gasteiger partial charge in [-0.05, 0) is 63.9 Å². The molecule has 1 saturated heterocycles. The maximum absolute atomic E-state index is 12.7. The number of likely N-dealkylation sites (tertiary alicyclic amines) is 1. The van der Waals surface area contributed by atoms with Gasteiger partial charge in [-0.15, -0.1) is 0 Å². The van der Waals surface area contributed by atoms with E-state index < -0.39 is 0 Å². The van der Waals surface area contributed by atoms with Crippen LogP contribution in [0.5, 0.6) is 0 Å². The van der Waals surface area contributed by atoms with Gasteiger partial charge in [-0.1, -0.05) is 25.1 Å². The van der Waals surface area contributed by atoms with Crippen molar-refractivity contribution in [2.45, 2.75) is 51.6 Å². The highest BCUT2D eigenvalue weighted by Gasteiger charge is 2.38. The van der Waals surface area contributed by atoms with E-state index in [0.717, 1.165) is 48.4 Å². The zero-order valence-corrected chi connectivity index (χ0v) is 20.4. The average molecular weight is 470 g/mol. The van der Waals surface area contributed by atoms with Crippen molar-refractivity contribution in [3.63, 3.8) is 0 Å². The topological polar surface area (TPSA) is 101 Å². The molecule has 1 fully saturated rings. The van der Waals surface area contributed by atoms with Crippen molar-refractivity contribution in [1.82, 2.24) is 24.3 Å². The highest BCUT2D eigenvalue weighted by atomic mass is 16.1. The van der Waals surface area contributed by atoms with Crippen LogP contribution >= 0.6 is 0 Å². The number of nitrogens with one attached hydrogen (secondary N) is 1. The molecule has 0 bridgehead atoms. The number of carbonyl (C=O) groups excluding carboxylic acids is 1. The summed E-state index contributed by atoms with van der Waals surface area (Å²) < 4.78 is 2.09. The summed E-state index contributed by atoms with van der Waals surface area (Å²) in [6.07, 6.45) is 8.57. The third-order valence-corrected chi connectivity index (χ3v) is 7.13. The predicted octanol–water partition coefficient (Wildman–Crippen LogP) is 4.95. The van der Waals surface area contributed by atoms with Gasteiger partial charge in [-0.25, -0.2) is 15.0 Å². The van der Waals surface area contributed by atoms with Gasteiger partial charge in [0.2, 0.25) is 0 Å². The summed E-state index contributed by atoms with van der Waals surface area (Å²) in [4.78, 5) is 28.9. The second-order valence-corrected chi connectivity index (χ2v) is 9.61. The highest BCUT2D eigenvalue weighted by Crippen LogP contribution is 2.40. The van der Waals surface area contributed by atoms with Crippen molar-refractivity contribution in [2.75, 3.05) is 17.6 Å². The lowest BCUT2D eigenvalue weighted by Crippen LogP contribution is -2.43. The fourth-order valence-electron chi connectivity index (χ4n) is 4.89. The van der Waals surface area contributed by atoms with Crippen LogP contribution in [0, 0.1) is 0 Å². The number of hydrogen-bond donors (Lipinski definition) is 2. The monoisotopic (exact) mass is 469 g/mol. The van der Waals surface area contributed by atoms with Gasteiger partial charge < -0.3 is 11.1 Å². The molecule has 35 heavy (non-hydrogen) atoms. The molecule has 8 heteroatoms. The van der Waals surface area contributed by atoms with E-state index >= 15 is 0 Å². The fourth-order valence-corrected chi connectivity index (χ4v) is 4.89. The number of pyridine rings is 1. The van der Waals surface area contributed by atoms with Crippen LogP contribution in [0.1, 0.15) is 62.3 Å². The van der Waals surface area contributed by atoms with Crippen LogP contribution in [-0.2, 0) is 0 Å². The number of nitrogens with two attached hydrogens (primary N) is 1. The summed E-state index contributed by atoms with van der Waals surface area (Å²) in [6.45, 7) is 7.88. The number of aromatic nitrogens is 4. The molecule has 3 N–H and O–H groups in total. The molecule has 0 saturated carbocycles. The average Bonchev–Trinajstić information content (AvgIpc) is 3.51. The lowest BCUT2D eigenvalue weighted by molar-refractivity contribution is 0.0967. The minimum Gasteiger partial charge on any atom is -0.382 e. The SMILES string of the molecule is CCC(C)(C)N1CCCC1c1nc(-c2ccc(C(=O)Nc3ccccn3)cc2)c2c(N)nccn12. The van der Waals surface area contributed by atoms with Gasteiger partial charge in [-0.2, -0.15) is 0 Å². The molecule has 1 aliphatic rings. The Hall–Kier alpha value is -3.78. The van der Waals surface area contributed by atoms with E-state index in [1.165, 1.54) is 0 Å². The largest absolute Gasteiger partial charge is 0.382 e. The van der Waals surface area contributed by atoms with Crippen molar-refractivity contribution < 1.29 is 4.79 Å². The minimum absolute atomic E-state index is 0.0777. The first-order chi connectivity index (χ1) is 16.9. The first kappa shape index (κ1) is 23.0. The third kappa shape index (κ3) is 4.25. The van der Waals surface area contributed by atoms with Crippen molar-refractivity contribution >= 4 is 23.1 Å². The zero-order valence-electron chi connectivity index (χ0n) is 20.4. The van der Waals surface area contributed by atoms with Crippen LogP contribution in [0.2, 0.25) is 0 Å². The number of fused-ring (bicyclic) bond motifs is 1. The van der Waals surface area contributed by atoms with Gasteiger partial charge in [0, 0.05) is 35.3 Å². The van der Waals surface area contributed by atoms with Gasteiger partial charge in [0.25, 0.3) is 5.91 Å². The van der Waals surface area contributed by atoms with E-state index in [4.69, 9.17) is 10.7 Å². The Bertz CT molecular complexity index is 1350. The summed E-state index contributed by atoms with van der Waals surface area (Å²) in [5.74, 6) is 1.73. The Morgan fingerprint density at radius 3 is 2.66 bits per heavy atom. The van der Waals surface area contributed by atoms with Gasteiger partial charge in [-0.3, -0.25) is 14.1 Å². The van der Waals surface area contributed by atoms with Crippen molar-refractivity contribution in [2.24, 2.45) is 0 Å². The Morgan fingerprint density at radius 2 is 1.94 bits per heavy atom. The van der Waals surface area contributed by atoms with Crippen LogP contribution in [-0.4, -0.2) is 42.2 Å². The molecule has 0 spiro atoms. The molecule has 180 valence electrons. The number of carbonyl (C=O) groups is 1. The Labute approximate surface area is 205 Å². The number of hydrogen-bond acceptors (Lipinski definition) is 6. The lowest BCUT2D eigenvalue weighted by Gasteiger charge is -2.38. The summed E-state index contributed by atoms with van der Waals surface area (Å²) in [6, 6.07) is 13.0. The molecule has 8 nitrogen and oxygen atoms in total. The van der Waals surface area contributed by atoms with E-state index in [9.17, 15) is 4.79 Å². The van der Waals surface area contributed by atoms with Gasteiger partial charge in [0.1, 0.15) is 28.7 Å². The van der Waals surface area contributed by atoms with Crippen LogP contribution in [0.25, 0.3) is 16.8 Å². The second-order valence-electron chi connectivity index (χ2n) is 9.61. The molecule has 0 aliphatic carbocycles. The van der Waals surface area contributed by atoms with Crippen LogP contribution < -0.4 is 11.1 Å². The number of nitrogen functional groups attached to an aromatic ring is 1. The number of nitrogens with zero attached hydrogens (tertiary/aromatic N) is 5. The molecule has 4 heterocycles. The van der Waals surface area contributed by atoms with Crippen LogP contribution in [0.4, 0.5) is 11.6 Å². The summed E-state index contributed by atoms with van der Waals surface area (Å²) in [5, 5.41) is 2.82. The quantitative estimate of drug-likeness (QED) is 0.414. The molecule has 5 rings (SSSR count). The third-order valence-electron chi connectivity index (χ3n) is 7.13. The number of amides is 1. The number of imidazole rings is 1. The summed E-state index contributed by atoms with van der Waals surface area (Å²) in [7, 11) is 0. The number of anilines is 2. The van der Waals surface area contributed by atoms with Crippen LogP contribution in [0.15, 0.2) is 61.1 Å². The van der Waals surface area contributed by atoms with Gasteiger partial charge in [0.05, 0.1) is 6.04 Å². The Balaban J connectivity index is 1.51. The second kappa shape index (κ2) is 9.11. The van der Waals surface area contributed by atoms with Crippen molar-refractivity contribution in [1.29, 1.82) is 0 Å². The number of benzene rings is 1. The number of rotatable bonds is 6.